The van der Waals surface area contributed by atoms with Crippen molar-refractivity contribution in [1.29, 1.82) is 0 Å². The summed E-state index contributed by atoms with van der Waals surface area (Å²) < 4.78 is 27.8. The lowest BCUT2D eigenvalue weighted by Gasteiger charge is -2.12. The Morgan fingerprint density at radius 3 is 2.80 bits per heavy atom. The maximum Gasteiger partial charge on any atom is 0.147 e. The summed E-state index contributed by atoms with van der Waals surface area (Å²) in [4.78, 5) is 4.49. The highest BCUT2D eigenvalue weighted by atomic mass is 32.2. The van der Waals surface area contributed by atoms with Crippen LogP contribution in [0.4, 0.5) is 0 Å². The van der Waals surface area contributed by atoms with Gasteiger partial charge in [0.25, 0.3) is 0 Å². The van der Waals surface area contributed by atoms with Crippen LogP contribution in [-0.4, -0.2) is 38.1 Å². The van der Waals surface area contributed by atoms with Gasteiger partial charge in [-0.1, -0.05) is 0 Å². The number of nitrogens with one attached hydrogen (secondary N) is 1. The van der Waals surface area contributed by atoms with Crippen molar-refractivity contribution in [3.8, 4) is 5.75 Å². The Bertz CT molecular complexity index is 554. The minimum atomic E-state index is -2.92. The number of rotatable bonds is 8. The van der Waals surface area contributed by atoms with Crippen LogP contribution in [0, 0.1) is 6.92 Å². The predicted octanol–water partition coefficient (Wildman–Crippen LogP) is 1.46. The fourth-order valence-electron chi connectivity index (χ4n) is 1.89. The lowest BCUT2D eigenvalue weighted by atomic mass is 10.2. The van der Waals surface area contributed by atoms with Crippen molar-refractivity contribution >= 4 is 9.84 Å². The summed E-state index contributed by atoms with van der Waals surface area (Å²) in [5, 5.41) is 3.42. The van der Waals surface area contributed by atoms with Gasteiger partial charge in [-0.25, -0.2) is 8.42 Å². The molecule has 0 spiro atoms. The first-order valence-electron chi connectivity index (χ1n) is 6.94. The standard InChI is InChI=1S/C14H22N2O3S/c1-11-4-7-14(19-8-3-9-20(2,17)18)13(16-11)10-15-12-5-6-12/h4,7,12,15H,3,5-6,8-10H2,1-2H3. The van der Waals surface area contributed by atoms with Crippen molar-refractivity contribution in [3.63, 3.8) is 0 Å². The van der Waals surface area contributed by atoms with Gasteiger partial charge in [0.05, 0.1) is 18.1 Å². The lowest BCUT2D eigenvalue weighted by Crippen LogP contribution is -2.18. The molecule has 1 aromatic heterocycles. The molecule has 0 radical (unpaired) electrons. The third-order valence-electron chi connectivity index (χ3n) is 3.12. The topological polar surface area (TPSA) is 68.3 Å². The number of ether oxygens (including phenoxy) is 1. The van der Waals surface area contributed by atoms with Gasteiger partial charge in [0.15, 0.2) is 0 Å². The van der Waals surface area contributed by atoms with E-state index in [0.717, 1.165) is 17.1 Å². The minimum absolute atomic E-state index is 0.155. The highest BCUT2D eigenvalue weighted by molar-refractivity contribution is 7.90. The van der Waals surface area contributed by atoms with E-state index in [1.165, 1.54) is 19.1 Å². The zero-order valence-corrected chi connectivity index (χ0v) is 12.9. The molecule has 1 heterocycles. The van der Waals surface area contributed by atoms with Gasteiger partial charge >= 0.3 is 0 Å². The fraction of sp³-hybridized carbons (Fsp3) is 0.643. The first kappa shape index (κ1) is 15.3. The Kier molecular flexibility index (Phi) is 4.99. The quantitative estimate of drug-likeness (QED) is 0.736. The minimum Gasteiger partial charge on any atom is -0.492 e. The molecule has 1 aliphatic rings. The molecule has 1 saturated carbocycles. The van der Waals surface area contributed by atoms with Crippen LogP contribution in [0.3, 0.4) is 0 Å². The second kappa shape index (κ2) is 6.54. The third kappa shape index (κ3) is 5.46. The van der Waals surface area contributed by atoms with Gasteiger partial charge in [0.2, 0.25) is 0 Å². The normalized spacial score (nSPS) is 15.3. The average molecular weight is 298 g/mol. The summed E-state index contributed by atoms with van der Waals surface area (Å²) >= 11 is 0. The Labute approximate surface area is 120 Å². The molecule has 0 unspecified atom stereocenters. The van der Waals surface area contributed by atoms with Crippen LogP contribution in [0.25, 0.3) is 0 Å². The van der Waals surface area contributed by atoms with Crippen molar-refractivity contribution in [2.24, 2.45) is 0 Å². The second-order valence-electron chi connectivity index (χ2n) is 5.38. The zero-order valence-electron chi connectivity index (χ0n) is 12.1. The first-order chi connectivity index (χ1) is 9.44. The number of aryl methyl sites for hydroxylation is 1. The summed E-state index contributed by atoms with van der Waals surface area (Å²) in [6.07, 6.45) is 4.21. The summed E-state index contributed by atoms with van der Waals surface area (Å²) in [7, 11) is -2.92. The molecule has 5 nitrogen and oxygen atoms in total. The molecule has 1 aromatic rings. The van der Waals surface area contributed by atoms with E-state index in [1.807, 2.05) is 19.1 Å². The molecule has 0 aliphatic heterocycles. The SMILES string of the molecule is Cc1ccc(OCCCS(C)(=O)=O)c(CNC2CC2)n1. The molecule has 1 aliphatic carbocycles. The third-order valence-corrected chi connectivity index (χ3v) is 4.15. The Hall–Kier alpha value is -1.14. The molecule has 0 amide bonds. The number of sulfone groups is 1. The summed E-state index contributed by atoms with van der Waals surface area (Å²) in [5.74, 6) is 0.902. The molecule has 1 N–H and O–H groups in total. The van der Waals surface area contributed by atoms with E-state index in [-0.39, 0.29) is 5.75 Å². The molecule has 6 heteroatoms. The second-order valence-corrected chi connectivity index (χ2v) is 7.64. The predicted molar refractivity (Wildman–Crippen MR) is 78.7 cm³/mol. The zero-order chi connectivity index (χ0) is 14.6. The van der Waals surface area contributed by atoms with E-state index in [1.54, 1.807) is 0 Å². The van der Waals surface area contributed by atoms with Crippen LogP contribution in [0.5, 0.6) is 5.75 Å². The van der Waals surface area contributed by atoms with E-state index in [4.69, 9.17) is 4.74 Å². The van der Waals surface area contributed by atoms with Gasteiger partial charge in [-0.3, -0.25) is 4.98 Å². The molecule has 0 saturated heterocycles. The van der Waals surface area contributed by atoms with Crippen LogP contribution in [-0.2, 0) is 16.4 Å². The van der Waals surface area contributed by atoms with Gasteiger partial charge in [-0.2, -0.15) is 0 Å². The molecule has 112 valence electrons. The van der Waals surface area contributed by atoms with Crippen molar-refractivity contribution in [1.82, 2.24) is 10.3 Å². The van der Waals surface area contributed by atoms with Crippen LogP contribution < -0.4 is 10.1 Å². The van der Waals surface area contributed by atoms with E-state index < -0.39 is 9.84 Å². The largest absolute Gasteiger partial charge is 0.492 e. The fourth-order valence-corrected chi connectivity index (χ4v) is 2.53. The van der Waals surface area contributed by atoms with Crippen molar-refractivity contribution in [2.75, 3.05) is 18.6 Å². The number of hydrogen-bond donors (Lipinski definition) is 1. The average Bonchev–Trinajstić information content (AvgIpc) is 3.16. The molecule has 20 heavy (non-hydrogen) atoms. The molecule has 0 atom stereocenters. The maximum atomic E-state index is 11.1. The van der Waals surface area contributed by atoms with Gasteiger partial charge in [-0.05, 0) is 38.3 Å². The highest BCUT2D eigenvalue weighted by Gasteiger charge is 2.21. The first-order valence-corrected chi connectivity index (χ1v) is 9.00. The van der Waals surface area contributed by atoms with Gasteiger partial charge < -0.3 is 10.1 Å². The number of aromatic nitrogens is 1. The molecular formula is C14H22N2O3S. The lowest BCUT2D eigenvalue weighted by molar-refractivity contribution is 0.311. The monoisotopic (exact) mass is 298 g/mol. The van der Waals surface area contributed by atoms with E-state index in [0.29, 0.717) is 25.6 Å². The molecule has 2 rings (SSSR count). The Balaban J connectivity index is 1.88. The summed E-state index contributed by atoms with van der Waals surface area (Å²) in [5.41, 5.74) is 1.86. The van der Waals surface area contributed by atoms with Crippen LogP contribution >= 0.6 is 0 Å². The van der Waals surface area contributed by atoms with Crippen LogP contribution in [0.1, 0.15) is 30.7 Å². The van der Waals surface area contributed by atoms with E-state index in [9.17, 15) is 8.42 Å². The Morgan fingerprint density at radius 2 is 2.15 bits per heavy atom. The van der Waals surface area contributed by atoms with Gasteiger partial charge in [-0.15, -0.1) is 0 Å². The Morgan fingerprint density at radius 1 is 1.40 bits per heavy atom. The number of pyridine rings is 1. The van der Waals surface area contributed by atoms with Crippen molar-refractivity contribution in [3.05, 3.63) is 23.5 Å². The number of hydrogen-bond acceptors (Lipinski definition) is 5. The van der Waals surface area contributed by atoms with Crippen LogP contribution in [0.2, 0.25) is 0 Å². The molecular weight excluding hydrogens is 276 g/mol. The molecule has 1 fully saturated rings. The van der Waals surface area contributed by atoms with Crippen LogP contribution in [0.15, 0.2) is 12.1 Å². The smallest absolute Gasteiger partial charge is 0.147 e. The van der Waals surface area contributed by atoms with E-state index >= 15 is 0 Å². The van der Waals surface area contributed by atoms with Gasteiger partial charge in [0, 0.05) is 24.5 Å². The van der Waals surface area contributed by atoms with Gasteiger partial charge in [0.1, 0.15) is 15.6 Å². The maximum absolute atomic E-state index is 11.1. The van der Waals surface area contributed by atoms with Crippen molar-refractivity contribution in [2.45, 2.75) is 38.8 Å². The van der Waals surface area contributed by atoms with E-state index in [2.05, 4.69) is 10.3 Å². The summed E-state index contributed by atoms with van der Waals surface area (Å²) in [6, 6.07) is 4.44. The molecule has 0 aromatic carbocycles. The van der Waals surface area contributed by atoms with Crippen molar-refractivity contribution < 1.29 is 13.2 Å². The molecule has 0 bridgehead atoms. The summed E-state index contributed by atoms with van der Waals surface area (Å²) in [6.45, 7) is 3.05. The highest BCUT2D eigenvalue weighted by Crippen LogP contribution is 2.22. The number of nitrogens with zero attached hydrogens (tertiary/aromatic N) is 1.